The number of rotatable bonds is 3. The maximum atomic E-state index is 12.0. The summed E-state index contributed by atoms with van der Waals surface area (Å²) in [7, 11) is 0. The van der Waals surface area contributed by atoms with Gasteiger partial charge in [-0.25, -0.2) is 0 Å². The van der Waals surface area contributed by atoms with Crippen molar-refractivity contribution in [1.29, 1.82) is 0 Å². The quantitative estimate of drug-likeness (QED) is 0.695. The predicted octanol–water partition coefficient (Wildman–Crippen LogP) is 3.20. The van der Waals surface area contributed by atoms with Gasteiger partial charge >= 0.3 is 0 Å². The van der Waals surface area contributed by atoms with Crippen LogP contribution in [0.5, 0.6) is 0 Å². The molecule has 0 saturated heterocycles. The van der Waals surface area contributed by atoms with Crippen molar-refractivity contribution in [3.05, 3.63) is 62.9 Å². The molecule has 0 radical (unpaired) electrons. The van der Waals surface area contributed by atoms with Crippen LogP contribution in [-0.4, -0.2) is 15.8 Å². The summed E-state index contributed by atoms with van der Waals surface area (Å²) >= 11 is 5.70. The van der Waals surface area contributed by atoms with Gasteiger partial charge in [-0.2, -0.15) is 0 Å². The average molecular weight is 292 g/mol. The van der Waals surface area contributed by atoms with Crippen LogP contribution in [0.15, 0.2) is 36.5 Å². The van der Waals surface area contributed by atoms with Gasteiger partial charge in [0.1, 0.15) is 5.02 Å². The summed E-state index contributed by atoms with van der Waals surface area (Å²) in [6.07, 6.45) is 1.56. The van der Waals surface area contributed by atoms with E-state index < -0.39 is 10.8 Å². The molecule has 6 nitrogen and oxygen atoms in total. The van der Waals surface area contributed by atoms with Crippen LogP contribution in [-0.2, 0) is 0 Å². The van der Waals surface area contributed by atoms with Crippen molar-refractivity contribution < 1.29 is 9.72 Å². The summed E-state index contributed by atoms with van der Waals surface area (Å²) in [4.78, 5) is 26.2. The van der Waals surface area contributed by atoms with Crippen LogP contribution in [0.25, 0.3) is 0 Å². The number of aromatic nitrogens is 1. The van der Waals surface area contributed by atoms with Crippen molar-refractivity contribution in [2.45, 2.75) is 6.92 Å². The van der Waals surface area contributed by atoms with E-state index >= 15 is 0 Å². The minimum atomic E-state index is -0.629. The topological polar surface area (TPSA) is 85.1 Å². The minimum Gasteiger partial charge on any atom is -0.322 e. The van der Waals surface area contributed by atoms with Crippen LogP contribution in [0.1, 0.15) is 16.1 Å². The number of amides is 1. The lowest BCUT2D eigenvalue weighted by Gasteiger charge is -2.06. The molecule has 0 bridgehead atoms. The Hall–Kier alpha value is -2.47. The highest BCUT2D eigenvalue weighted by Gasteiger charge is 2.16. The number of hydrogen-bond donors (Lipinski definition) is 1. The molecule has 1 amide bonds. The van der Waals surface area contributed by atoms with Gasteiger partial charge < -0.3 is 5.32 Å². The number of pyridine rings is 1. The zero-order valence-corrected chi connectivity index (χ0v) is 11.2. The highest BCUT2D eigenvalue weighted by atomic mass is 35.5. The van der Waals surface area contributed by atoms with Gasteiger partial charge in [0, 0.05) is 29.2 Å². The fraction of sp³-hybridized carbons (Fsp3) is 0.0769. The summed E-state index contributed by atoms with van der Waals surface area (Å²) in [5.74, 6) is -0.449. The zero-order valence-electron chi connectivity index (χ0n) is 10.5. The van der Waals surface area contributed by atoms with E-state index in [0.29, 0.717) is 5.69 Å². The van der Waals surface area contributed by atoms with E-state index in [-0.39, 0.29) is 16.3 Å². The fourth-order valence-corrected chi connectivity index (χ4v) is 1.81. The average Bonchev–Trinajstić information content (AvgIpc) is 2.38. The van der Waals surface area contributed by atoms with Crippen LogP contribution in [0, 0.1) is 17.0 Å². The second-order valence-electron chi connectivity index (χ2n) is 4.06. The number of benzene rings is 1. The Labute approximate surface area is 119 Å². The van der Waals surface area contributed by atoms with E-state index in [2.05, 4.69) is 10.3 Å². The third kappa shape index (κ3) is 3.10. The van der Waals surface area contributed by atoms with Gasteiger partial charge in [0.05, 0.1) is 4.92 Å². The van der Waals surface area contributed by atoms with Gasteiger partial charge in [-0.15, -0.1) is 0 Å². The van der Waals surface area contributed by atoms with Crippen molar-refractivity contribution in [2.75, 3.05) is 5.32 Å². The largest absolute Gasteiger partial charge is 0.322 e. The van der Waals surface area contributed by atoms with Crippen molar-refractivity contribution in [3.63, 3.8) is 0 Å². The molecule has 0 fully saturated rings. The molecule has 20 heavy (non-hydrogen) atoms. The molecule has 1 N–H and O–H groups in total. The predicted molar refractivity (Wildman–Crippen MR) is 75.0 cm³/mol. The summed E-state index contributed by atoms with van der Waals surface area (Å²) in [6.45, 7) is 1.79. The third-order valence-corrected chi connectivity index (χ3v) is 2.88. The molecule has 0 saturated carbocycles. The Morgan fingerprint density at radius 1 is 1.35 bits per heavy atom. The molecule has 1 heterocycles. The van der Waals surface area contributed by atoms with E-state index in [1.807, 2.05) is 0 Å². The Bertz CT molecular complexity index is 688. The number of aryl methyl sites for hydroxylation is 1. The zero-order chi connectivity index (χ0) is 14.7. The number of hydrogen-bond acceptors (Lipinski definition) is 4. The Morgan fingerprint density at radius 2 is 2.10 bits per heavy atom. The van der Waals surface area contributed by atoms with Gasteiger partial charge in [0.15, 0.2) is 0 Å². The first-order valence-corrected chi connectivity index (χ1v) is 6.03. The van der Waals surface area contributed by atoms with E-state index in [1.54, 1.807) is 25.3 Å². The summed E-state index contributed by atoms with van der Waals surface area (Å²) in [5.41, 5.74) is 1.19. The molecule has 0 aliphatic rings. The first kappa shape index (κ1) is 14.0. The van der Waals surface area contributed by atoms with Crippen LogP contribution in [0.3, 0.4) is 0 Å². The molecular weight excluding hydrogens is 282 g/mol. The first-order valence-electron chi connectivity index (χ1n) is 5.65. The number of halogens is 1. The number of carbonyl (C=O) groups is 1. The van der Waals surface area contributed by atoms with Crippen molar-refractivity contribution >= 4 is 28.9 Å². The van der Waals surface area contributed by atoms with Crippen LogP contribution >= 0.6 is 11.6 Å². The lowest BCUT2D eigenvalue weighted by atomic mass is 10.2. The van der Waals surface area contributed by atoms with Gasteiger partial charge in [0.25, 0.3) is 11.6 Å². The number of anilines is 1. The first-order chi connectivity index (χ1) is 9.47. The number of nitrogens with one attached hydrogen (secondary N) is 1. The molecule has 0 aliphatic heterocycles. The minimum absolute atomic E-state index is 0.00805. The summed E-state index contributed by atoms with van der Waals surface area (Å²) in [5, 5.41) is 13.4. The normalized spacial score (nSPS) is 10.1. The molecule has 0 aliphatic carbocycles. The molecule has 0 atom stereocenters. The smallest absolute Gasteiger partial charge is 0.288 e. The monoisotopic (exact) mass is 291 g/mol. The second kappa shape index (κ2) is 5.66. The molecule has 2 rings (SSSR count). The Morgan fingerprint density at radius 3 is 2.75 bits per heavy atom. The number of nitro benzene ring substituents is 1. The van der Waals surface area contributed by atoms with Gasteiger partial charge in [-0.3, -0.25) is 19.9 Å². The SMILES string of the molecule is Cc1cc(NC(=O)c2ccc(Cl)c([N+](=O)[O-])c2)ccn1. The van der Waals surface area contributed by atoms with Crippen LogP contribution < -0.4 is 5.32 Å². The Kier molecular flexibility index (Phi) is 3.95. The third-order valence-electron chi connectivity index (χ3n) is 2.56. The highest BCUT2D eigenvalue weighted by molar-refractivity contribution is 6.32. The number of nitro groups is 1. The highest BCUT2D eigenvalue weighted by Crippen LogP contribution is 2.25. The lowest BCUT2D eigenvalue weighted by molar-refractivity contribution is -0.384. The molecule has 0 unspecified atom stereocenters. The molecule has 1 aromatic heterocycles. The van der Waals surface area contributed by atoms with E-state index in [1.165, 1.54) is 12.1 Å². The van der Waals surface area contributed by atoms with Crippen molar-refractivity contribution in [2.24, 2.45) is 0 Å². The molecular formula is C13H10ClN3O3. The van der Waals surface area contributed by atoms with Gasteiger partial charge in [0.2, 0.25) is 0 Å². The number of nitrogens with zero attached hydrogens (tertiary/aromatic N) is 2. The van der Waals surface area contributed by atoms with Crippen LogP contribution in [0.4, 0.5) is 11.4 Å². The molecule has 1 aromatic carbocycles. The van der Waals surface area contributed by atoms with Crippen molar-refractivity contribution in [3.8, 4) is 0 Å². The van der Waals surface area contributed by atoms with E-state index in [9.17, 15) is 14.9 Å². The number of carbonyl (C=O) groups excluding carboxylic acids is 1. The maximum absolute atomic E-state index is 12.0. The second-order valence-corrected chi connectivity index (χ2v) is 4.47. The molecule has 0 spiro atoms. The maximum Gasteiger partial charge on any atom is 0.288 e. The lowest BCUT2D eigenvalue weighted by Crippen LogP contribution is -2.12. The summed E-state index contributed by atoms with van der Waals surface area (Å²) in [6, 6.07) is 7.23. The van der Waals surface area contributed by atoms with Gasteiger partial charge in [-0.05, 0) is 31.2 Å². The van der Waals surface area contributed by atoms with Crippen molar-refractivity contribution in [1.82, 2.24) is 4.98 Å². The standard InChI is InChI=1S/C13H10ClN3O3/c1-8-6-10(4-5-15-8)16-13(18)9-2-3-11(14)12(7-9)17(19)20/h2-7H,1H3,(H,15,16,18). The van der Waals surface area contributed by atoms with Gasteiger partial charge in [-0.1, -0.05) is 11.6 Å². The van der Waals surface area contributed by atoms with E-state index in [0.717, 1.165) is 11.8 Å². The molecule has 2 aromatic rings. The Balaban J connectivity index is 2.26. The molecule has 7 heteroatoms. The molecule has 102 valence electrons. The van der Waals surface area contributed by atoms with E-state index in [4.69, 9.17) is 11.6 Å². The van der Waals surface area contributed by atoms with Crippen LogP contribution in [0.2, 0.25) is 5.02 Å². The summed E-state index contributed by atoms with van der Waals surface area (Å²) < 4.78 is 0. The fourth-order valence-electron chi connectivity index (χ4n) is 1.62.